The van der Waals surface area contributed by atoms with Crippen molar-refractivity contribution in [1.82, 2.24) is 9.21 Å². The number of anilines is 1. The summed E-state index contributed by atoms with van der Waals surface area (Å²) in [5, 5.41) is 3.01. The van der Waals surface area contributed by atoms with Gasteiger partial charge in [-0.15, -0.1) is 0 Å². The molecule has 2 aromatic rings. The number of carbonyl (C=O) groups excluding carboxylic acids is 1. The maximum atomic E-state index is 13.4. The summed E-state index contributed by atoms with van der Waals surface area (Å²) in [7, 11) is -3.72. The first kappa shape index (κ1) is 26.9. The van der Waals surface area contributed by atoms with Crippen LogP contribution in [0.1, 0.15) is 38.7 Å². The Balaban J connectivity index is 1.36. The third-order valence-electron chi connectivity index (χ3n) is 7.13. The molecule has 4 rings (SSSR count). The number of piperidine rings is 1. The van der Waals surface area contributed by atoms with Gasteiger partial charge in [0.2, 0.25) is 15.9 Å². The second kappa shape index (κ2) is 9.63. The van der Waals surface area contributed by atoms with E-state index >= 15 is 0 Å². The number of hydrogen-bond donors (Lipinski definition) is 1. The minimum Gasteiger partial charge on any atom is -0.325 e. The summed E-state index contributed by atoms with van der Waals surface area (Å²) in [4.78, 5) is 14.6. The van der Waals surface area contributed by atoms with Gasteiger partial charge in [-0.25, -0.2) is 8.42 Å². The SMILES string of the molecule is CC1(C)CC2(CCN(CC(=O)Nc3ccc(C(F)(F)F)cc3)CC2)CN1S(=O)(=O)c1cccc(Cl)c1. The number of rotatable bonds is 5. The molecule has 2 aromatic carbocycles. The number of alkyl halides is 3. The number of likely N-dealkylation sites (tertiary alicyclic amines) is 1. The lowest BCUT2D eigenvalue weighted by molar-refractivity contribution is -0.137. The van der Waals surface area contributed by atoms with Crippen LogP contribution < -0.4 is 5.32 Å². The van der Waals surface area contributed by atoms with Crippen LogP contribution in [-0.2, 0) is 21.0 Å². The van der Waals surface area contributed by atoms with Crippen molar-refractivity contribution in [3.05, 3.63) is 59.1 Å². The van der Waals surface area contributed by atoms with E-state index in [9.17, 15) is 26.4 Å². The van der Waals surface area contributed by atoms with Gasteiger partial charge in [0.05, 0.1) is 17.0 Å². The lowest BCUT2D eigenvalue weighted by atomic mass is 9.74. The van der Waals surface area contributed by atoms with Gasteiger partial charge in [0.25, 0.3) is 0 Å². The second-order valence-electron chi connectivity index (χ2n) is 10.4. The average molecular weight is 544 g/mol. The Morgan fingerprint density at radius 3 is 2.31 bits per heavy atom. The summed E-state index contributed by atoms with van der Waals surface area (Å²) >= 11 is 6.04. The van der Waals surface area contributed by atoms with Crippen molar-refractivity contribution in [3.8, 4) is 0 Å². The van der Waals surface area contributed by atoms with Gasteiger partial charge >= 0.3 is 6.18 Å². The maximum absolute atomic E-state index is 13.4. The predicted molar refractivity (Wildman–Crippen MR) is 132 cm³/mol. The van der Waals surface area contributed by atoms with Gasteiger partial charge in [0.15, 0.2) is 0 Å². The van der Waals surface area contributed by atoms with Crippen LogP contribution in [0, 0.1) is 5.41 Å². The summed E-state index contributed by atoms with van der Waals surface area (Å²) in [6.07, 6.45) is -2.23. The Morgan fingerprint density at radius 2 is 1.72 bits per heavy atom. The van der Waals surface area contributed by atoms with Crippen LogP contribution in [0.3, 0.4) is 0 Å². The van der Waals surface area contributed by atoms with Gasteiger partial charge < -0.3 is 5.32 Å². The fourth-order valence-electron chi connectivity index (χ4n) is 5.41. The first-order valence-corrected chi connectivity index (χ1v) is 13.5. The first-order valence-electron chi connectivity index (χ1n) is 11.7. The van der Waals surface area contributed by atoms with Gasteiger partial charge in [0, 0.05) is 22.8 Å². The first-order chi connectivity index (χ1) is 16.7. The molecule has 36 heavy (non-hydrogen) atoms. The van der Waals surface area contributed by atoms with E-state index in [0.29, 0.717) is 36.8 Å². The highest BCUT2D eigenvalue weighted by atomic mass is 35.5. The predicted octanol–water partition coefficient (Wildman–Crippen LogP) is 5.25. The number of nitrogens with zero attached hydrogens (tertiary/aromatic N) is 2. The molecule has 2 heterocycles. The fourth-order valence-corrected chi connectivity index (χ4v) is 7.61. The molecule has 0 aromatic heterocycles. The molecular weight excluding hydrogens is 515 g/mol. The van der Waals surface area contributed by atoms with Crippen LogP contribution >= 0.6 is 11.6 Å². The Labute approximate surface area is 214 Å². The fraction of sp³-hybridized carbons (Fsp3) is 0.480. The van der Waals surface area contributed by atoms with Crippen molar-refractivity contribution in [2.45, 2.75) is 49.7 Å². The highest BCUT2D eigenvalue weighted by Crippen LogP contribution is 2.50. The minimum absolute atomic E-state index is 0.116. The van der Waals surface area contributed by atoms with E-state index < -0.39 is 27.3 Å². The summed E-state index contributed by atoms with van der Waals surface area (Å²) in [6, 6.07) is 10.6. The van der Waals surface area contributed by atoms with E-state index in [4.69, 9.17) is 11.6 Å². The molecule has 1 spiro atoms. The van der Waals surface area contributed by atoms with E-state index in [1.807, 2.05) is 18.7 Å². The molecule has 196 valence electrons. The van der Waals surface area contributed by atoms with Crippen LogP contribution in [0.5, 0.6) is 0 Å². The number of halogens is 4. The number of hydrogen-bond acceptors (Lipinski definition) is 4. The van der Waals surface area contributed by atoms with Gasteiger partial charge in [-0.1, -0.05) is 17.7 Å². The topological polar surface area (TPSA) is 69.7 Å². The van der Waals surface area contributed by atoms with Crippen LogP contribution in [0.15, 0.2) is 53.4 Å². The van der Waals surface area contributed by atoms with Crippen LogP contribution in [-0.4, -0.2) is 55.2 Å². The molecule has 11 heteroatoms. The molecular formula is C25H29ClF3N3O3S. The number of carbonyl (C=O) groups is 1. The maximum Gasteiger partial charge on any atom is 0.416 e. The summed E-state index contributed by atoms with van der Waals surface area (Å²) < 4.78 is 66.6. The van der Waals surface area contributed by atoms with Crippen molar-refractivity contribution in [3.63, 3.8) is 0 Å². The molecule has 2 saturated heterocycles. The lowest BCUT2D eigenvalue weighted by Gasteiger charge is -2.39. The summed E-state index contributed by atoms with van der Waals surface area (Å²) in [6.45, 7) is 5.65. The number of benzene rings is 2. The van der Waals surface area contributed by atoms with E-state index in [-0.39, 0.29) is 22.8 Å². The van der Waals surface area contributed by atoms with E-state index in [0.717, 1.165) is 25.0 Å². The van der Waals surface area contributed by atoms with Crippen molar-refractivity contribution >= 4 is 33.2 Å². The third-order valence-corrected chi connectivity index (χ3v) is 9.41. The van der Waals surface area contributed by atoms with Gasteiger partial charge in [0.1, 0.15) is 0 Å². The zero-order valence-electron chi connectivity index (χ0n) is 20.1. The van der Waals surface area contributed by atoms with Gasteiger partial charge in [-0.3, -0.25) is 9.69 Å². The van der Waals surface area contributed by atoms with E-state index in [2.05, 4.69) is 5.32 Å². The average Bonchev–Trinajstić information content (AvgIpc) is 3.06. The summed E-state index contributed by atoms with van der Waals surface area (Å²) in [5.74, 6) is -0.303. The Morgan fingerprint density at radius 1 is 1.08 bits per heavy atom. The molecule has 1 N–H and O–H groups in total. The standard InChI is InChI=1S/C25H29ClF3N3O3S/c1-23(2)16-24(17-32(23)36(34,35)21-5-3-4-19(26)14-21)10-12-31(13-11-24)15-22(33)30-20-8-6-18(7-9-20)25(27,28)29/h3-9,14H,10-13,15-17H2,1-2H3,(H,30,33). The van der Waals surface area contributed by atoms with Crippen molar-refractivity contribution in [2.75, 3.05) is 31.5 Å². The van der Waals surface area contributed by atoms with Crippen LogP contribution in [0.25, 0.3) is 0 Å². The van der Waals surface area contributed by atoms with Gasteiger partial charge in [-0.2, -0.15) is 17.5 Å². The molecule has 0 radical (unpaired) electrons. The highest BCUT2D eigenvalue weighted by Gasteiger charge is 2.53. The van der Waals surface area contributed by atoms with Crippen molar-refractivity contribution < 1.29 is 26.4 Å². The van der Waals surface area contributed by atoms with Crippen molar-refractivity contribution in [1.29, 1.82) is 0 Å². The largest absolute Gasteiger partial charge is 0.416 e. The molecule has 0 bridgehead atoms. The third kappa shape index (κ3) is 5.72. The molecule has 2 aliphatic heterocycles. The monoisotopic (exact) mass is 543 g/mol. The zero-order valence-corrected chi connectivity index (χ0v) is 21.7. The highest BCUT2D eigenvalue weighted by molar-refractivity contribution is 7.89. The zero-order chi connectivity index (χ0) is 26.4. The van der Waals surface area contributed by atoms with E-state index in [1.165, 1.54) is 18.2 Å². The quantitative estimate of drug-likeness (QED) is 0.559. The van der Waals surface area contributed by atoms with Crippen LogP contribution in [0.2, 0.25) is 5.02 Å². The van der Waals surface area contributed by atoms with Crippen molar-refractivity contribution in [2.24, 2.45) is 5.41 Å². The Bertz CT molecular complexity index is 1230. The molecule has 1 amide bonds. The number of nitrogens with one attached hydrogen (secondary N) is 1. The number of amides is 1. The normalized spacial score (nSPS) is 20.5. The molecule has 0 saturated carbocycles. The minimum atomic E-state index is -4.43. The molecule has 6 nitrogen and oxygen atoms in total. The Hall–Kier alpha value is -2.14. The lowest BCUT2D eigenvalue weighted by Crippen LogP contribution is -2.45. The van der Waals surface area contributed by atoms with Gasteiger partial charge in [-0.05, 0) is 94.1 Å². The summed E-state index contributed by atoms with van der Waals surface area (Å²) in [5.41, 5.74) is -1.22. The molecule has 2 aliphatic rings. The van der Waals surface area contributed by atoms with Crippen LogP contribution in [0.4, 0.5) is 18.9 Å². The molecule has 0 atom stereocenters. The molecule has 0 aliphatic carbocycles. The smallest absolute Gasteiger partial charge is 0.325 e. The number of sulfonamides is 1. The Kier molecular flexibility index (Phi) is 7.20. The molecule has 2 fully saturated rings. The molecule has 0 unspecified atom stereocenters. The second-order valence-corrected chi connectivity index (χ2v) is 12.7. The van der Waals surface area contributed by atoms with E-state index in [1.54, 1.807) is 22.5 Å².